The smallest absolute Gasteiger partial charge is 0.188 e. The molecule has 0 radical (unpaired) electrons. The molecule has 0 aromatic heterocycles. The van der Waals surface area contributed by atoms with Gasteiger partial charge < -0.3 is 11.1 Å². The van der Waals surface area contributed by atoms with Crippen LogP contribution >= 0.6 is 0 Å². The minimum atomic E-state index is 0.614. The van der Waals surface area contributed by atoms with Crippen LogP contribution in [0.3, 0.4) is 0 Å². The Balaban J connectivity index is 1.40. The van der Waals surface area contributed by atoms with E-state index in [0.29, 0.717) is 18.0 Å². The molecule has 2 aliphatic carbocycles. The maximum absolute atomic E-state index is 6.09. The molecule has 0 aromatic rings. The summed E-state index contributed by atoms with van der Waals surface area (Å²) in [5.74, 6) is 2.51. The molecule has 0 amide bonds. The first-order valence-corrected chi connectivity index (χ1v) is 9.08. The van der Waals surface area contributed by atoms with Gasteiger partial charge >= 0.3 is 0 Å². The van der Waals surface area contributed by atoms with Crippen LogP contribution in [-0.2, 0) is 0 Å². The largest absolute Gasteiger partial charge is 0.370 e. The Kier molecular flexibility index (Phi) is 5.04. The average molecular weight is 292 g/mol. The third kappa shape index (κ3) is 3.91. The van der Waals surface area contributed by atoms with Crippen molar-refractivity contribution in [3.63, 3.8) is 0 Å². The van der Waals surface area contributed by atoms with Gasteiger partial charge in [-0.25, -0.2) is 0 Å². The maximum Gasteiger partial charge on any atom is 0.188 e. The SMILES string of the molecule is CCN1CCCC1CN=C(N)NC1CC1C1CCCCC1. The second kappa shape index (κ2) is 6.99. The van der Waals surface area contributed by atoms with E-state index in [2.05, 4.69) is 22.1 Å². The molecular formula is C17H32N4. The number of guanidine groups is 1. The molecule has 3 aliphatic rings. The summed E-state index contributed by atoms with van der Waals surface area (Å²) in [4.78, 5) is 7.13. The zero-order chi connectivity index (χ0) is 14.7. The van der Waals surface area contributed by atoms with E-state index < -0.39 is 0 Å². The summed E-state index contributed by atoms with van der Waals surface area (Å²) in [6.45, 7) is 5.48. The van der Waals surface area contributed by atoms with Crippen molar-refractivity contribution in [2.75, 3.05) is 19.6 Å². The fourth-order valence-corrected chi connectivity index (χ4v) is 4.42. The van der Waals surface area contributed by atoms with Crippen molar-refractivity contribution in [1.82, 2.24) is 10.2 Å². The summed E-state index contributed by atoms with van der Waals surface area (Å²) < 4.78 is 0. The molecule has 0 spiro atoms. The van der Waals surface area contributed by atoms with Gasteiger partial charge in [-0.05, 0) is 44.2 Å². The molecule has 1 heterocycles. The number of likely N-dealkylation sites (tertiary alicyclic amines) is 1. The quantitative estimate of drug-likeness (QED) is 0.604. The monoisotopic (exact) mass is 292 g/mol. The fourth-order valence-electron chi connectivity index (χ4n) is 4.42. The second-order valence-corrected chi connectivity index (χ2v) is 7.20. The van der Waals surface area contributed by atoms with Crippen molar-refractivity contribution in [3.8, 4) is 0 Å². The summed E-state index contributed by atoms with van der Waals surface area (Å²) in [5, 5.41) is 3.47. The third-order valence-corrected chi connectivity index (χ3v) is 5.81. The Bertz CT molecular complexity index is 362. The van der Waals surface area contributed by atoms with Crippen LogP contribution in [0.4, 0.5) is 0 Å². The summed E-state index contributed by atoms with van der Waals surface area (Å²) >= 11 is 0. The highest BCUT2D eigenvalue weighted by Gasteiger charge is 2.43. The Morgan fingerprint density at radius 3 is 2.76 bits per heavy atom. The van der Waals surface area contributed by atoms with Crippen LogP contribution in [0, 0.1) is 11.8 Å². The molecule has 120 valence electrons. The second-order valence-electron chi connectivity index (χ2n) is 7.20. The Morgan fingerprint density at radius 2 is 2.00 bits per heavy atom. The number of rotatable bonds is 5. The predicted octanol–water partition coefficient (Wildman–Crippen LogP) is 2.34. The van der Waals surface area contributed by atoms with Gasteiger partial charge in [0.1, 0.15) is 0 Å². The first-order valence-electron chi connectivity index (χ1n) is 9.08. The summed E-state index contributed by atoms with van der Waals surface area (Å²) in [6, 6.07) is 1.23. The topological polar surface area (TPSA) is 53.6 Å². The summed E-state index contributed by atoms with van der Waals surface area (Å²) in [7, 11) is 0. The van der Waals surface area contributed by atoms with Crippen molar-refractivity contribution in [2.24, 2.45) is 22.6 Å². The maximum atomic E-state index is 6.09. The minimum absolute atomic E-state index is 0.614. The molecule has 2 saturated carbocycles. The lowest BCUT2D eigenvalue weighted by Crippen LogP contribution is -2.37. The first-order chi connectivity index (χ1) is 10.3. The highest BCUT2D eigenvalue weighted by Crippen LogP contribution is 2.44. The number of nitrogens with two attached hydrogens (primary N) is 1. The van der Waals surface area contributed by atoms with Crippen LogP contribution < -0.4 is 11.1 Å². The van der Waals surface area contributed by atoms with Crippen LogP contribution in [-0.4, -0.2) is 42.6 Å². The molecule has 21 heavy (non-hydrogen) atoms. The molecule has 4 heteroatoms. The van der Waals surface area contributed by atoms with Gasteiger partial charge in [-0.2, -0.15) is 0 Å². The van der Waals surface area contributed by atoms with E-state index >= 15 is 0 Å². The number of hydrogen-bond acceptors (Lipinski definition) is 2. The molecule has 4 nitrogen and oxygen atoms in total. The molecule has 3 fully saturated rings. The molecule has 3 atom stereocenters. The molecular weight excluding hydrogens is 260 g/mol. The van der Waals surface area contributed by atoms with Gasteiger partial charge in [0.05, 0.1) is 6.54 Å². The number of nitrogens with zero attached hydrogens (tertiary/aromatic N) is 2. The molecule has 1 saturated heterocycles. The van der Waals surface area contributed by atoms with E-state index in [1.165, 1.54) is 57.9 Å². The van der Waals surface area contributed by atoms with Gasteiger partial charge in [-0.15, -0.1) is 0 Å². The van der Waals surface area contributed by atoms with Crippen LogP contribution in [0.15, 0.2) is 4.99 Å². The number of nitrogens with one attached hydrogen (secondary N) is 1. The highest BCUT2D eigenvalue weighted by atomic mass is 15.2. The highest BCUT2D eigenvalue weighted by molar-refractivity contribution is 5.78. The number of likely N-dealkylation sites (N-methyl/N-ethyl adjacent to an activating group) is 1. The van der Waals surface area contributed by atoms with E-state index in [-0.39, 0.29) is 0 Å². The predicted molar refractivity (Wildman–Crippen MR) is 88.4 cm³/mol. The first kappa shape index (κ1) is 15.1. The van der Waals surface area contributed by atoms with Crippen molar-refractivity contribution in [2.45, 2.75) is 70.4 Å². The summed E-state index contributed by atoms with van der Waals surface area (Å²) in [5.41, 5.74) is 6.09. The molecule has 0 aromatic carbocycles. The van der Waals surface area contributed by atoms with Gasteiger partial charge in [0.15, 0.2) is 5.96 Å². The minimum Gasteiger partial charge on any atom is -0.370 e. The van der Waals surface area contributed by atoms with Gasteiger partial charge in [0.2, 0.25) is 0 Å². The Morgan fingerprint density at radius 1 is 1.19 bits per heavy atom. The van der Waals surface area contributed by atoms with Crippen LogP contribution in [0.25, 0.3) is 0 Å². The van der Waals surface area contributed by atoms with Crippen molar-refractivity contribution < 1.29 is 0 Å². The Labute approximate surface area is 129 Å². The molecule has 3 N–H and O–H groups in total. The Hall–Kier alpha value is -0.770. The van der Waals surface area contributed by atoms with E-state index in [4.69, 9.17) is 5.73 Å². The van der Waals surface area contributed by atoms with E-state index in [1.807, 2.05) is 0 Å². The van der Waals surface area contributed by atoms with Gasteiger partial charge in [-0.1, -0.05) is 39.0 Å². The van der Waals surface area contributed by atoms with Gasteiger partial charge in [0, 0.05) is 12.1 Å². The lowest BCUT2D eigenvalue weighted by atomic mass is 9.85. The lowest BCUT2D eigenvalue weighted by Gasteiger charge is -2.22. The van der Waals surface area contributed by atoms with Crippen LogP contribution in [0.5, 0.6) is 0 Å². The fraction of sp³-hybridized carbons (Fsp3) is 0.941. The average Bonchev–Trinajstić information content (AvgIpc) is 3.12. The van der Waals surface area contributed by atoms with E-state index in [1.54, 1.807) is 0 Å². The molecule has 3 unspecified atom stereocenters. The van der Waals surface area contributed by atoms with Crippen molar-refractivity contribution in [3.05, 3.63) is 0 Å². The number of hydrogen-bond donors (Lipinski definition) is 2. The summed E-state index contributed by atoms with van der Waals surface area (Å²) in [6.07, 6.45) is 11.1. The molecule has 1 aliphatic heterocycles. The van der Waals surface area contributed by atoms with Crippen molar-refractivity contribution in [1.29, 1.82) is 0 Å². The van der Waals surface area contributed by atoms with Gasteiger partial charge in [0.25, 0.3) is 0 Å². The standard InChI is InChI=1S/C17H32N4/c1-2-21-10-6-9-14(21)12-19-17(18)20-16-11-15(16)13-7-4-3-5-8-13/h13-16H,2-12H2,1H3,(H3,18,19,20). The van der Waals surface area contributed by atoms with E-state index in [0.717, 1.165) is 24.9 Å². The van der Waals surface area contributed by atoms with E-state index in [9.17, 15) is 0 Å². The molecule has 0 bridgehead atoms. The molecule has 3 rings (SSSR count). The van der Waals surface area contributed by atoms with Crippen molar-refractivity contribution >= 4 is 5.96 Å². The van der Waals surface area contributed by atoms with Gasteiger partial charge in [-0.3, -0.25) is 9.89 Å². The van der Waals surface area contributed by atoms with Crippen LogP contribution in [0.2, 0.25) is 0 Å². The number of aliphatic imine (C=N–C) groups is 1. The normalized spacial score (nSPS) is 35.1. The lowest BCUT2D eigenvalue weighted by molar-refractivity contribution is 0.273. The third-order valence-electron chi connectivity index (χ3n) is 5.81. The van der Waals surface area contributed by atoms with Crippen LogP contribution in [0.1, 0.15) is 58.3 Å². The zero-order valence-corrected chi connectivity index (χ0v) is 13.6. The zero-order valence-electron chi connectivity index (χ0n) is 13.6.